The normalized spacial score (nSPS) is 17.2. The van der Waals surface area contributed by atoms with E-state index in [2.05, 4.69) is 23.9 Å². The third kappa shape index (κ3) is 4.53. The summed E-state index contributed by atoms with van der Waals surface area (Å²) in [5.41, 5.74) is 1.78. The van der Waals surface area contributed by atoms with E-state index in [9.17, 15) is 8.42 Å². The molecule has 0 amide bonds. The molecule has 0 heterocycles. The van der Waals surface area contributed by atoms with Gasteiger partial charge in [-0.05, 0) is 49.8 Å². The molecule has 0 radical (unpaired) electrons. The van der Waals surface area contributed by atoms with Gasteiger partial charge in [0.05, 0.1) is 4.90 Å². The lowest BCUT2D eigenvalue weighted by Crippen LogP contribution is -2.34. The molecule has 2 rings (SSSR count). The zero-order valence-electron chi connectivity index (χ0n) is 13.3. The van der Waals surface area contributed by atoms with Gasteiger partial charge >= 0.3 is 0 Å². The van der Waals surface area contributed by atoms with Crippen molar-refractivity contribution < 1.29 is 8.42 Å². The summed E-state index contributed by atoms with van der Waals surface area (Å²) in [4.78, 5) is 0.401. The van der Waals surface area contributed by atoms with Crippen molar-refractivity contribution in [2.45, 2.75) is 64.1 Å². The molecule has 118 valence electrons. The van der Waals surface area contributed by atoms with E-state index in [4.69, 9.17) is 0 Å². The Morgan fingerprint density at radius 1 is 1.24 bits per heavy atom. The predicted octanol–water partition coefficient (Wildman–Crippen LogP) is 2.57. The highest BCUT2D eigenvalue weighted by Gasteiger charge is 2.31. The lowest BCUT2D eigenvalue weighted by Gasteiger charge is -2.16. The summed E-state index contributed by atoms with van der Waals surface area (Å²) in [6.07, 6.45) is 2.25. The molecule has 2 N–H and O–H groups in total. The molecule has 0 bridgehead atoms. The highest BCUT2D eigenvalue weighted by Crippen LogP contribution is 2.33. The van der Waals surface area contributed by atoms with Crippen LogP contribution < -0.4 is 10.0 Å². The number of rotatable bonds is 7. The molecule has 1 saturated carbocycles. The molecule has 0 aliphatic heterocycles. The molecular weight excluding hydrogens is 284 g/mol. The first-order valence-corrected chi connectivity index (χ1v) is 9.13. The Kier molecular flexibility index (Phi) is 5.07. The van der Waals surface area contributed by atoms with Crippen LogP contribution >= 0.6 is 0 Å². The van der Waals surface area contributed by atoms with Gasteiger partial charge in [-0.15, -0.1) is 0 Å². The first kappa shape index (κ1) is 16.5. The highest BCUT2D eigenvalue weighted by molar-refractivity contribution is 7.89. The molecule has 1 aromatic carbocycles. The molecule has 5 heteroatoms. The smallest absolute Gasteiger partial charge is 0.241 e. The largest absolute Gasteiger partial charge is 0.310 e. The number of hydrogen-bond donors (Lipinski definition) is 2. The van der Waals surface area contributed by atoms with Gasteiger partial charge < -0.3 is 5.32 Å². The molecule has 0 saturated heterocycles. The SMILES string of the molecule is Cc1ccc(CNC(C)C)cc1S(=O)(=O)NC(C)C1CC1. The molecule has 1 aliphatic carbocycles. The Hall–Kier alpha value is -0.910. The Labute approximate surface area is 128 Å². The van der Waals surface area contributed by atoms with Gasteiger partial charge in [-0.25, -0.2) is 13.1 Å². The van der Waals surface area contributed by atoms with Crippen LogP contribution in [0.1, 0.15) is 44.7 Å². The zero-order valence-corrected chi connectivity index (χ0v) is 14.1. The Balaban J connectivity index is 2.18. The summed E-state index contributed by atoms with van der Waals surface area (Å²) in [5.74, 6) is 0.505. The fourth-order valence-corrected chi connectivity index (χ4v) is 3.97. The fourth-order valence-electron chi connectivity index (χ4n) is 2.37. The van der Waals surface area contributed by atoms with Crippen LogP contribution in [0.2, 0.25) is 0 Å². The van der Waals surface area contributed by atoms with Gasteiger partial charge in [-0.1, -0.05) is 26.0 Å². The minimum atomic E-state index is -3.43. The van der Waals surface area contributed by atoms with E-state index in [1.54, 1.807) is 6.07 Å². The first-order valence-electron chi connectivity index (χ1n) is 7.65. The summed E-state index contributed by atoms with van der Waals surface area (Å²) in [7, 11) is -3.43. The second-order valence-corrected chi connectivity index (χ2v) is 8.07. The van der Waals surface area contributed by atoms with E-state index in [1.165, 1.54) is 0 Å². The van der Waals surface area contributed by atoms with E-state index < -0.39 is 10.0 Å². The van der Waals surface area contributed by atoms with Gasteiger partial charge in [0.2, 0.25) is 10.0 Å². The van der Waals surface area contributed by atoms with Crippen molar-refractivity contribution in [3.05, 3.63) is 29.3 Å². The molecular formula is C16H26N2O2S. The standard InChI is InChI=1S/C16H26N2O2S/c1-11(2)17-10-14-6-5-12(3)16(9-14)21(19,20)18-13(4)15-7-8-15/h5-6,9,11,13,15,17-18H,7-8,10H2,1-4H3. The van der Waals surface area contributed by atoms with Crippen LogP contribution in [0.3, 0.4) is 0 Å². The fraction of sp³-hybridized carbons (Fsp3) is 0.625. The van der Waals surface area contributed by atoms with Crippen LogP contribution in [0.4, 0.5) is 0 Å². The number of hydrogen-bond acceptors (Lipinski definition) is 3. The number of benzene rings is 1. The maximum atomic E-state index is 12.6. The zero-order chi connectivity index (χ0) is 15.6. The van der Waals surface area contributed by atoms with Gasteiger partial charge in [0.15, 0.2) is 0 Å². The van der Waals surface area contributed by atoms with Crippen LogP contribution in [-0.4, -0.2) is 20.5 Å². The third-order valence-electron chi connectivity index (χ3n) is 3.93. The Bertz CT molecular complexity index is 592. The average Bonchev–Trinajstić information content (AvgIpc) is 3.21. The van der Waals surface area contributed by atoms with E-state index in [0.29, 0.717) is 23.4 Å². The maximum absolute atomic E-state index is 12.6. The highest BCUT2D eigenvalue weighted by atomic mass is 32.2. The summed E-state index contributed by atoms with van der Waals surface area (Å²) in [6.45, 7) is 8.62. The molecule has 1 unspecified atom stereocenters. The minimum Gasteiger partial charge on any atom is -0.310 e. The lowest BCUT2D eigenvalue weighted by atomic mass is 10.1. The maximum Gasteiger partial charge on any atom is 0.241 e. The average molecular weight is 310 g/mol. The van der Waals surface area contributed by atoms with E-state index in [0.717, 1.165) is 24.0 Å². The van der Waals surface area contributed by atoms with E-state index in [1.807, 2.05) is 26.0 Å². The van der Waals surface area contributed by atoms with Crippen LogP contribution in [0.15, 0.2) is 23.1 Å². The topological polar surface area (TPSA) is 58.2 Å². The third-order valence-corrected chi connectivity index (χ3v) is 5.63. The first-order chi connectivity index (χ1) is 9.79. The quantitative estimate of drug-likeness (QED) is 0.814. The van der Waals surface area contributed by atoms with Crippen LogP contribution in [0, 0.1) is 12.8 Å². The van der Waals surface area contributed by atoms with E-state index >= 15 is 0 Å². The number of sulfonamides is 1. The van der Waals surface area contributed by atoms with Crippen molar-refractivity contribution in [1.29, 1.82) is 0 Å². The molecule has 1 fully saturated rings. The van der Waals surface area contributed by atoms with Gasteiger partial charge in [0, 0.05) is 18.6 Å². The monoisotopic (exact) mass is 310 g/mol. The lowest BCUT2D eigenvalue weighted by molar-refractivity contribution is 0.537. The number of aryl methyl sites for hydroxylation is 1. The molecule has 1 aliphatic rings. The second kappa shape index (κ2) is 6.46. The van der Waals surface area contributed by atoms with Crippen LogP contribution in [-0.2, 0) is 16.6 Å². The Morgan fingerprint density at radius 3 is 2.48 bits per heavy atom. The number of nitrogens with one attached hydrogen (secondary N) is 2. The van der Waals surface area contributed by atoms with Gasteiger partial charge in [-0.2, -0.15) is 0 Å². The van der Waals surface area contributed by atoms with Crippen molar-refractivity contribution in [3.63, 3.8) is 0 Å². The predicted molar refractivity (Wildman–Crippen MR) is 85.7 cm³/mol. The van der Waals surface area contributed by atoms with Crippen molar-refractivity contribution >= 4 is 10.0 Å². The summed E-state index contributed by atoms with van der Waals surface area (Å²) >= 11 is 0. The molecule has 1 aromatic rings. The van der Waals surface area contributed by atoms with Crippen molar-refractivity contribution in [2.24, 2.45) is 5.92 Å². The summed E-state index contributed by atoms with van der Waals surface area (Å²) < 4.78 is 27.9. The molecule has 0 spiro atoms. The molecule has 1 atom stereocenters. The molecule has 4 nitrogen and oxygen atoms in total. The summed E-state index contributed by atoms with van der Waals surface area (Å²) in [5, 5.41) is 3.31. The van der Waals surface area contributed by atoms with Crippen LogP contribution in [0.5, 0.6) is 0 Å². The van der Waals surface area contributed by atoms with Crippen molar-refractivity contribution in [1.82, 2.24) is 10.0 Å². The van der Waals surface area contributed by atoms with Gasteiger partial charge in [-0.3, -0.25) is 0 Å². The Morgan fingerprint density at radius 2 is 1.90 bits per heavy atom. The van der Waals surface area contributed by atoms with Gasteiger partial charge in [0.25, 0.3) is 0 Å². The second-order valence-electron chi connectivity index (χ2n) is 6.38. The van der Waals surface area contributed by atoms with Crippen LogP contribution in [0.25, 0.3) is 0 Å². The molecule has 0 aromatic heterocycles. The summed E-state index contributed by atoms with van der Waals surface area (Å²) in [6, 6.07) is 6.04. The van der Waals surface area contributed by atoms with Crippen molar-refractivity contribution in [2.75, 3.05) is 0 Å². The molecule has 21 heavy (non-hydrogen) atoms. The van der Waals surface area contributed by atoms with E-state index in [-0.39, 0.29) is 6.04 Å². The van der Waals surface area contributed by atoms with Crippen molar-refractivity contribution in [3.8, 4) is 0 Å². The minimum absolute atomic E-state index is 0.0202. The van der Waals surface area contributed by atoms with Gasteiger partial charge in [0.1, 0.15) is 0 Å².